The summed E-state index contributed by atoms with van der Waals surface area (Å²) in [4.78, 5) is 4.25. The smallest absolute Gasteiger partial charge is 0.187 e. The Morgan fingerprint density at radius 1 is 1.19 bits per heavy atom. The van der Waals surface area contributed by atoms with E-state index in [2.05, 4.69) is 22.5 Å². The molecule has 2 aromatic heterocycles. The minimum Gasteiger partial charge on any atom is -0.493 e. The van der Waals surface area contributed by atoms with Crippen molar-refractivity contribution in [3.8, 4) is 5.75 Å². The van der Waals surface area contributed by atoms with Crippen LogP contribution in [0, 0.1) is 13.8 Å². The zero-order chi connectivity index (χ0) is 11.5. The largest absolute Gasteiger partial charge is 0.493 e. The highest BCUT2D eigenvalue weighted by molar-refractivity contribution is 5.49. The van der Waals surface area contributed by atoms with Crippen LogP contribution in [0.4, 0.5) is 5.82 Å². The van der Waals surface area contributed by atoms with Crippen LogP contribution in [0.5, 0.6) is 5.75 Å². The predicted molar refractivity (Wildman–Crippen MR) is 63.7 cm³/mol. The number of hydrogen-bond acceptors (Lipinski definition) is 3. The van der Waals surface area contributed by atoms with E-state index in [9.17, 15) is 0 Å². The van der Waals surface area contributed by atoms with Crippen LogP contribution in [0.3, 0.4) is 0 Å². The van der Waals surface area contributed by atoms with Gasteiger partial charge in [-0.15, -0.1) is 0 Å². The maximum absolute atomic E-state index is 5.24. The molecule has 2 rings (SSSR count). The second kappa shape index (κ2) is 4.26. The molecule has 0 aliphatic heterocycles. The van der Waals surface area contributed by atoms with Crippen LogP contribution < -0.4 is 10.2 Å². The SMILES string of the molecule is COc1cccnc1Nn1c(C)ccc1C. The van der Waals surface area contributed by atoms with Gasteiger partial charge < -0.3 is 4.74 Å². The standard InChI is InChI=1S/C12H15N3O/c1-9-6-7-10(2)15(9)14-12-11(16-3)5-4-8-13-12/h4-8H,1-3H3,(H,13,14). The van der Waals surface area contributed by atoms with E-state index >= 15 is 0 Å². The monoisotopic (exact) mass is 217 g/mol. The van der Waals surface area contributed by atoms with Gasteiger partial charge in [-0.2, -0.15) is 0 Å². The van der Waals surface area contributed by atoms with Crippen molar-refractivity contribution in [3.63, 3.8) is 0 Å². The fourth-order valence-corrected chi connectivity index (χ4v) is 1.59. The Morgan fingerprint density at radius 3 is 2.50 bits per heavy atom. The molecular formula is C12H15N3O. The van der Waals surface area contributed by atoms with Gasteiger partial charge in [-0.1, -0.05) is 0 Å². The van der Waals surface area contributed by atoms with Gasteiger partial charge in [0.05, 0.1) is 7.11 Å². The molecule has 0 aromatic carbocycles. The normalized spacial score (nSPS) is 10.2. The van der Waals surface area contributed by atoms with E-state index in [0.717, 1.165) is 17.1 Å². The Labute approximate surface area is 94.9 Å². The number of nitrogens with one attached hydrogen (secondary N) is 1. The molecule has 2 aromatic rings. The number of ether oxygens (including phenoxy) is 1. The molecule has 0 spiro atoms. The summed E-state index contributed by atoms with van der Waals surface area (Å²) < 4.78 is 7.21. The first kappa shape index (κ1) is 10.5. The molecule has 0 saturated heterocycles. The van der Waals surface area contributed by atoms with E-state index in [1.165, 1.54) is 0 Å². The summed E-state index contributed by atoms with van der Waals surface area (Å²) in [6.45, 7) is 4.07. The van der Waals surface area contributed by atoms with E-state index in [0.29, 0.717) is 5.82 Å². The van der Waals surface area contributed by atoms with Gasteiger partial charge in [0.1, 0.15) is 0 Å². The lowest BCUT2D eigenvalue weighted by Crippen LogP contribution is -2.13. The van der Waals surface area contributed by atoms with Crippen LogP contribution in [-0.4, -0.2) is 16.8 Å². The van der Waals surface area contributed by atoms with E-state index in [4.69, 9.17) is 4.74 Å². The first-order chi connectivity index (χ1) is 7.72. The lowest BCUT2D eigenvalue weighted by Gasteiger charge is -2.13. The van der Waals surface area contributed by atoms with Crippen LogP contribution in [0.25, 0.3) is 0 Å². The number of methoxy groups -OCH3 is 1. The van der Waals surface area contributed by atoms with Crippen molar-refractivity contribution in [1.29, 1.82) is 0 Å². The molecule has 4 heteroatoms. The van der Waals surface area contributed by atoms with Gasteiger partial charge in [-0.3, -0.25) is 10.1 Å². The van der Waals surface area contributed by atoms with Crippen LogP contribution in [0.1, 0.15) is 11.4 Å². The predicted octanol–water partition coefficient (Wildman–Crippen LogP) is 2.38. The molecule has 0 amide bonds. The second-order valence-electron chi connectivity index (χ2n) is 3.62. The Bertz CT molecular complexity index is 471. The lowest BCUT2D eigenvalue weighted by molar-refractivity contribution is 0.414. The van der Waals surface area contributed by atoms with Crippen molar-refractivity contribution in [1.82, 2.24) is 9.66 Å². The zero-order valence-electron chi connectivity index (χ0n) is 9.69. The zero-order valence-corrected chi connectivity index (χ0v) is 9.69. The fraction of sp³-hybridized carbons (Fsp3) is 0.250. The summed E-state index contributed by atoms with van der Waals surface area (Å²) in [6, 6.07) is 7.83. The van der Waals surface area contributed by atoms with E-state index < -0.39 is 0 Å². The maximum atomic E-state index is 5.24. The quantitative estimate of drug-likeness (QED) is 0.858. The molecule has 0 bridgehead atoms. The number of aryl methyl sites for hydroxylation is 2. The highest BCUT2D eigenvalue weighted by Gasteiger charge is 2.06. The molecule has 16 heavy (non-hydrogen) atoms. The summed E-state index contributed by atoms with van der Waals surface area (Å²) in [5.74, 6) is 1.45. The van der Waals surface area contributed by atoms with Crippen LogP contribution in [-0.2, 0) is 0 Å². The van der Waals surface area contributed by atoms with Crippen LogP contribution in [0.2, 0.25) is 0 Å². The topological polar surface area (TPSA) is 39.1 Å². The van der Waals surface area contributed by atoms with Gasteiger partial charge in [0.15, 0.2) is 11.6 Å². The summed E-state index contributed by atoms with van der Waals surface area (Å²) in [6.07, 6.45) is 1.74. The molecule has 2 heterocycles. The summed E-state index contributed by atoms with van der Waals surface area (Å²) >= 11 is 0. The van der Waals surface area contributed by atoms with Gasteiger partial charge in [-0.25, -0.2) is 4.98 Å². The summed E-state index contributed by atoms with van der Waals surface area (Å²) in [7, 11) is 1.64. The molecule has 0 atom stereocenters. The average Bonchev–Trinajstić information content (AvgIpc) is 2.61. The fourth-order valence-electron chi connectivity index (χ4n) is 1.59. The number of pyridine rings is 1. The Balaban J connectivity index is 2.34. The number of rotatable bonds is 3. The van der Waals surface area contributed by atoms with Crippen LogP contribution >= 0.6 is 0 Å². The van der Waals surface area contributed by atoms with Crippen molar-refractivity contribution in [3.05, 3.63) is 41.9 Å². The molecule has 0 unspecified atom stereocenters. The van der Waals surface area contributed by atoms with Gasteiger partial charge in [0.2, 0.25) is 0 Å². The van der Waals surface area contributed by atoms with Crippen LogP contribution in [0.15, 0.2) is 30.5 Å². The summed E-state index contributed by atoms with van der Waals surface area (Å²) in [5, 5.41) is 0. The number of hydrogen-bond donors (Lipinski definition) is 1. The van der Waals surface area contributed by atoms with Crippen molar-refractivity contribution >= 4 is 5.82 Å². The van der Waals surface area contributed by atoms with Gasteiger partial charge in [0, 0.05) is 17.6 Å². The van der Waals surface area contributed by atoms with Crippen molar-refractivity contribution in [2.75, 3.05) is 12.5 Å². The highest BCUT2D eigenvalue weighted by atomic mass is 16.5. The summed E-state index contributed by atoms with van der Waals surface area (Å²) in [5.41, 5.74) is 5.48. The Kier molecular flexibility index (Phi) is 2.81. The lowest BCUT2D eigenvalue weighted by atomic mass is 10.4. The first-order valence-corrected chi connectivity index (χ1v) is 5.13. The average molecular weight is 217 g/mol. The van der Waals surface area contributed by atoms with Gasteiger partial charge in [0.25, 0.3) is 0 Å². The minimum atomic E-state index is 0.715. The molecule has 84 valence electrons. The Morgan fingerprint density at radius 2 is 1.88 bits per heavy atom. The minimum absolute atomic E-state index is 0.715. The maximum Gasteiger partial charge on any atom is 0.187 e. The molecule has 0 aliphatic rings. The molecule has 4 nitrogen and oxygen atoms in total. The molecular weight excluding hydrogens is 202 g/mol. The van der Waals surface area contributed by atoms with Crippen molar-refractivity contribution in [2.45, 2.75) is 13.8 Å². The van der Waals surface area contributed by atoms with E-state index in [1.807, 2.05) is 30.7 Å². The number of anilines is 1. The molecule has 0 fully saturated rings. The first-order valence-electron chi connectivity index (χ1n) is 5.13. The highest BCUT2D eigenvalue weighted by Crippen LogP contribution is 2.21. The number of aromatic nitrogens is 2. The van der Waals surface area contributed by atoms with E-state index in [1.54, 1.807) is 13.3 Å². The van der Waals surface area contributed by atoms with Gasteiger partial charge in [-0.05, 0) is 38.1 Å². The third-order valence-electron chi connectivity index (χ3n) is 2.48. The molecule has 0 saturated carbocycles. The molecule has 0 radical (unpaired) electrons. The van der Waals surface area contributed by atoms with Crippen molar-refractivity contribution < 1.29 is 4.74 Å². The van der Waals surface area contributed by atoms with Crippen molar-refractivity contribution in [2.24, 2.45) is 0 Å². The number of nitrogens with zero attached hydrogens (tertiary/aromatic N) is 2. The second-order valence-corrected chi connectivity index (χ2v) is 3.62. The molecule has 0 aliphatic carbocycles. The van der Waals surface area contributed by atoms with E-state index in [-0.39, 0.29) is 0 Å². The van der Waals surface area contributed by atoms with Gasteiger partial charge >= 0.3 is 0 Å². The molecule has 1 N–H and O–H groups in total. The Hall–Kier alpha value is -1.97. The third-order valence-corrected chi connectivity index (χ3v) is 2.48. The third kappa shape index (κ3) is 1.86.